The summed E-state index contributed by atoms with van der Waals surface area (Å²) in [7, 11) is 1.88. The van der Waals surface area contributed by atoms with Crippen LogP contribution in [0.15, 0.2) is 23.3 Å². The van der Waals surface area contributed by atoms with E-state index >= 15 is 0 Å². The van der Waals surface area contributed by atoms with Gasteiger partial charge in [-0.3, -0.25) is 4.90 Å². The average molecular weight is 270 g/mol. The van der Waals surface area contributed by atoms with E-state index in [2.05, 4.69) is 28.1 Å². The fourth-order valence-corrected chi connectivity index (χ4v) is 4.23. The molecule has 0 saturated carbocycles. The molecule has 4 nitrogen and oxygen atoms in total. The number of rotatable bonds is 1. The average Bonchev–Trinajstić information content (AvgIpc) is 3.06. The first-order valence-corrected chi connectivity index (χ1v) is 7.31. The van der Waals surface area contributed by atoms with Crippen LogP contribution in [0.25, 0.3) is 0 Å². The molecule has 3 heterocycles. The first-order chi connectivity index (χ1) is 9.74. The zero-order valence-electron chi connectivity index (χ0n) is 11.6. The summed E-state index contributed by atoms with van der Waals surface area (Å²) in [6, 6.07) is 0.731. The maximum Gasteiger partial charge on any atom is 0.332 e. The number of fused-ring (bicyclic) bond motifs is 3. The van der Waals surface area contributed by atoms with Crippen LogP contribution in [0.3, 0.4) is 0 Å². The largest absolute Gasteiger partial charge is 0.449 e. The van der Waals surface area contributed by atoms with E-state index in [0.717, 1.165) is 30.5 Å². The van der Waals surface area contributed by atoms with E-state index in [9.17, 15) is 4.79 Å². The molecule has 4 aliphatic rings. The summed E-state index contributed by atoms with van der Waals surface area (Å²) < 4.78 is 5.80. The fourth-order valence-electron chi connectivity index (χ4n) is 4.23. The van der Waals surface area contributed by atoms with Gasteiger partial charge in [-0.15, -0.1) is 0 Å². The Kier molecular flexibility index (Phi) is 2.57. The number of esters is 1. The van der Waals surface area contributed by atoms with E-state index in [1.165, 1.54) is 6.42 Å². The first kappa shape index (κ1) is 12.2. The maximum absolute atomic E-state index is 11.9. The van der Waals surface area contributed by atoms with Gasteiger partial charge >= 0.3 is 5.97 Å². The molecule has 20 heavy (non-hydrogen) atoms. The molecule has 0 aromatic heterocycles. The minimum Gasteiger partial charge on any atom is -0.449 e. The molecule has 104 valence electrons. The van der Waals surface area contributed by atoms with Crippen molar-refractivity contribution in [3.63, 3.8) is 0 Å². The van der Waals surface area contributed by atoms with Crippen LogP contribution in [0.1, 0.15) is 19.3 Å². The molecule has 0 aromatic rings. The predicted molar refractivity (Wildman–Crippen MR) is 74.8 cm³/mol. The summed E-state index contributed by atoms with van der Waals surface area (Å²) in [6.45, 7) is 1.76. The Bertz CT molecular complexity index is 595. The molecule has 1 spiro atoms. The van der Waals surface area contributed by atoms with Crippen molar-refractivity contribution in [3.05, 3.63) is 23.3 Å². The Hall–Kier alpha value is -1.57. The highest BCUT2D eigenvalue weighted by Gasteiger charge is 2.62. The number of hydrogen-bond donors (Lipinski definition) is 1. The number of hydrogen-bond acceptors (Lipinski definition) is 4. The van der Waals surface area contributed by atoms with Gasteiger partial charge in [-0.1, -0.05) is 17.9 Å². The zero-order valence-corrected chi connectivity index (χ0v) is 11.6. The molecule has 2 saturated heterocycles. The molecule has 0 radical (unpaired) electrons. The number of carbonyl (C=O) groups is 1. The zero-order chi connectivity index (χ0) is 13.7. The fraction of sp³-hybridized carbons (Fsp3) is 0.562. The number of ether oxygens (including phenoxy) is 1. The molecule has 3 aliphatic heterocycles. The van der Waals surface area contributed by atoms with Gasteiger partial charge in [0.15, 0.2) is 5.60 Å². The topological polar surface area (TPSA) is 41.6 Å². The van der Waals surface area contributed by atoms with E-state index in [1.54, 1.807) is 6.08 Å². The molecule has 2 fully saturated rings. The van der Waals surface area contributed by atoms with E-state index in [-0.39, 0.29) is 5.97 Å². The van der Waals surface area contributed by atoms with Gasteiger partial charge < -0.3 is 10.1 Å². The van der Waals surface area contributed by atoms with E-state index < -0.39 is 5.60 Å². The van der Waals surface area contributed by atoms with Crippen molar-refractivity contribution in [1.82, 2.24) is 10.2 Å². The quantitative estimate of drug-likeness (QED) is 0.560. The van der Waals surface area contributed by atoms with Crippen molar-refractivity contribution in [3.8, 4) is 11.8 Å². The van der Waals surface area contributed by atoms with Crippen molar-refractivity contribution in [2.24, 2.45) is 0 Å². The molecule has 4 rings (SSSR count). The van der Waals surface area contributed by atoms with Gasteiger partial charge in [-0.05, 0) is 26.4 Å². The van der Waals surface area contributed by atoms with Gasteiger partial charge in [0, 0.05) is 29.7 Å². The monoisotopic (exact) mass is 270 g/mol. The van der Waals surface area contributed by atoms with Gasteiger partial charge in [0.05, 0.1) is 12.6 Å². The first-order valence-electron chi connectivity index (χ1n) is 7.31. The number of nitrogens with one attached hydrogen (secondary N) is 1. The maximum atomic E-state index is 11.9. The molecule has 0 amide bonds. The van der Waals surface area contributed by atoms with Crippen molar-refractivity contribution in [2.45, 2.75) is 36.9 Å². The van der Waals surface area contributed by atoms with Crippen LogP contribution in [-0.4, -0.2) is 48.7 Å². The van der Waals surface area contributed by atoms with Gasteiger partial charge in [-0.2, -0.15) is 0 Å². The van der Waals surface area contributed by atoms with Crippen LogP contribution in [-0.2, 0) is 9.53 Å². The summed E-state index contributed by atoms with van der Waals surface area (Å²) >= 11 is 0. The minimum absolute atomic E-state index is 0.198. The second-order valence-corrected chi connectivity index (χ2v) is 5.95. The SMILES string of the molecule is CNCC#CC1=C[C@@H]2C[C@@]3(OC(=O)C=C13)[C@H]1CCCN21. The normalized spacial score (nSPS) is 37.5. The van der Waals surface area contributed by atoms with Gasteiger partial charge in [0.1, 0.15) is 0 Å². The third kappa shape index (κ3) is 1.48. The third-order valence-electron chi connectivity index (χ3n) is 4.91. The van der Waals surface area contributed by atoms with Crippen molar-refractivity contribution < 1.29 is 9.53 Å². The van der Waals surface area contributed by atoms with Gasteiger partial charge in [0.2, 0.25) is 0 Å². The Morgan fingerprint density at radius 1 is 1.60 bits per heavy atom. The summed E-state index contributed by atoms with van der Waals surface area (Å²) in [4.78, 5) is 14.4. The Morgan fingerprint density at radius 2 is 2.50 bits per heavy atom. The third-order valence-corrected chi connectivity index (χ3v) is 4.91. The van der Waals surface area contributed by atoms with Crippen LogP contribution < -0.4 is 5.32 Å². The minimum atomic E-state index is -0.406. The van der Waals surface area contributed by atoms with Crippen LogP contribution in [0.5, 0.6) is 0 Å². The lowest BCUT2D eigenvalue weighted by atomic mass is 9.77. The smallest absolute Gasteiger partial charge is 0.332 e. The summed E-state index contributed by atoms with van der Waals surface area (Å²) in [5, 5.41) is 3.02. The van der Waals surface area contributed by atoms with E-state index in [4.69, 9.17) is 4.74 Å². The molecular weight excluding hydrogens is 252 g/mol. The summed E-state index contributed by atoms with van der Waals surface area (Å²) in [5.41, 5.74) is 1.62. The van der Waals surface area contributed by atoms with Crippen molar-refractivity contribution in [2.75, 3.05) is 20.1 Å². The van der Waals surface area contributed by atoms with Crippen molar-refractivity contribution >= 4 is 5.97 Å². The van der Waals surface area contributed by atoms with Crippen LogP contribution in [0.2, 0.25) is 0 Å². The Balaban J connectivity index is 1.78. The lowest BCUT2D eigenvalue weighted by Crippen LogP contribution is -2.43. The molecule has 3 atom stereocenters. The lowest BCUT2D eigenvalue weighted by molar-refractivity contribution is -0.147. The summed E-state index contributed by atoms with van der Waals surface area (Å²) in [6.07, 6.45) is 7.12. The standard InChI is InChI=1S/C16H18N2O2/c1-17-6-2-4-11-8-12-10-16(13(11)9-15(19)20-16)14-5-3-7-18(12)14/h8-9,12,14,17H,3,5-7,10H2,1H3/t12-,14-,16+/m1/s1. The van der Waals surface area contributed by atoms with Gasteiger partial charge in [0.25, 0.3) is 0 Å². The van der Waals surface area contributed by atoms with Crippen molar-refractivity contribution in [1.29, 1.82) is 0 Å². The molecule has 0 unspecified atom stereocenters. The number of nitrogens with zero attached hydrogens (tertiary/aromatic N) is 1. The van der Waals surface area contributed by atoms with Crippen LogP contribution >= 0.6 is 0 Å². The molecular formula is C16H18N2O2. The van der Waals surface area contributed by atoms with E-state index in [0.29, 0.717) is 18.6 Å². The highest BCUT2D eigenvalue weighted by Crippen LogP contribution is 2.53. The Labute approximate surface area is 118 Å². The molecule has 0 aromatic carbocycles. The molecule has 1 aliphatic carbocycles. The molecule has 4 heteroatoms. The van der Waals surface area contributed by atoms with Crippen LogP contribution in [0.4, 0.5) is 0 Å². The Morgan fingerprint density at radius 3 is 3.35 bits per heavy atom. The molecule has 1 N–H and O–H groups in total. The predicted octanol–water partition coefficient (Wildman–Crippen LogP) is 0.608. The highest BCUT2D eigenvalue weighted by atomic mass is 16.6. The second kappa shape index (κ2) is 4.21. The van der Waals surface area contributed by atoms with E-state index in [1.807, 2.05) is 7.05 Å². The molecule has 2 bridgehead atoms. The highest BCUT2D eigenvalue weighted by molar-refractivity contribution is 5.90. The van der Waals surface area contributed by atoms with Gasteiger partial charge in [-0.25, -0.2) is 4.79 Å². The second-order valence-electron chi connectivity index (χ2n) is 5.95. The lowest BCUT2D eigenvalue weighted by Gasteiger charge is -2.32. The summed E-state index contributed by atoms with van der Waals surface area (Å²) in [5.74, 6) is 6.13. The number of carbonyl (C=O) groups excluding carboxylic acids is 1. The van der Waals surface area contributed by atoms with Crippen LogP contribution in [0, 0.1) is 11.8 Å².